The molecule has 2 atom stereocenters. The third-order valence-electron chi connectivity index (χ3n) is 5.02. The molecule has 0 amide bonds. The highest BCUT2D eigenvalue weighted by atomic mass is 35.5. The van der Waals surface area contributed by atoms with Gasteiger partial charge in [0, 0.05) is 5.03 Å². The molecule has 2 rings (SSSR count). The van der Waals surface area contributed by atoms with Gasteiger partial charge < -0.3 is 0 Å². The summed E-state index contributed by atoms with van der Waals surface area (Å²) in [7, 11) is 0. The van der Waals surface area contributed by atoms with Crippen LogP contribution in [0.25, 0.3) is 0 Å². The predicted molar refractivity (Wildman–Crippen MR) is 67.0 cm³/mol. The van der Waals surface area contributed by atoms with Gasteiger partial charge in [-0.25, -0.2) is 0 Å². The maximum atomic E-state index is 6.27. The lowest BCUT2D eigenvalue weighted by Crippen LogP contribution is -2.39. The predicted octanol–water partition coefficient (Wildman–Crippen LogP) is 5.13. The van der Waals surface area contributed by atoms with E-state index in [4.69, 9.17) is 11.6 Å². The third kappa shape index (κ3) is 1.65. The van der Waals surface area contributed by atoms with Gasteiger partial charge in [0.15, 0.2) is 0 Å². The van der Waals surface area contributed by atoms with Crippen LogP contribution in [0.1, 0.15) is 59.8 Å². The first kappa shape index (κ1) is 11.5. The van der Waals surface area contributed by atoms with Crippen LogP contribution < -0.4 is 0 Å². The van der Waals surface area contributed by atoms with Gasteiger partial charge in [-0.2, -0.15) is 0 Å². The van der Waals surface area contributed by atoms with Gasteiger partial charge in [0.1, 0.15) is 0 Å². The summed E-state index contributed by atoms with van der Waals surface area (Å²) in [4.78, 5) is 0. The van der Waals surface area contributed by atoms with Gasteiger partial charge in [-0.1, -0.05) is 38.8 Å². The van der Waals surface area contributed by atoms with E-state index in [9.17, 15) is 0 Å². The minimum Gasteiger partial charge on any atom is -0.0895 e. The van der Waals surface area contributed by atoms with Crippen LogP contribution in [0.3, 0.4) is 0 Å². The van der Waals surface area contributed by atoms with Crippen molar-refractivity contribution in [1.82, 2.24) is 0 Å². The topological polar surface area (TPSA) is 0 Å². The zero-order valence-electron chi connectivity index (χ0n) is 10.5. The first-order valence-corrected chi connectivity index (χ1v) is 6.61. The van der Waals surface area contributed by atoms with E-state index in [-0.39, 0.29) is 0 Å². The smallest absolute Gasteiger partial charge is 0.0147 e. The molecule has 0 spiro atoms. The normalized spacial score (nSPS) is 42.6. The molecule has 15 heavy (non-hydrogen) atoms. The van der Waals surface area contributed by atoms with Crippen molar-refractivity contribution in [2.75, 3.05) is 0 Å². The van der Waals surface area contributed by atoms with E-state index < -0.39 is 0 Å². The SMILES string of the molecule is CC(Cl)=C1CC[C@H]2C(C)(C)CCC[C@]12C. The molecule has 0 saturated heterocycles. The molecule has 0 unspecified atom stereocenters. The van der Waals surface area contributed by atoms with Gasteiger partial charge in [-0.05, 0) is 54.9 Å². The average Bonchev–Trinajstić information content (AvgIpc) is 2.42. The minimum absolute atomic E-state index is 0.410. The highest BCUT2D eigenvalue weighted by molar-refractivity contribution is 6.29. The molecule has 0 radical (unpaired) electrons. The maximum Gasteiger partial charge on any atom is 0.0147 e. The van der Waals surface area contributed by atoms with Gasteiger partial charge in [0.25, 0.3) is 0 Å². The monoisotopic (exact) mass is 226 g/mol. The molecule has 86 valence electrons. The van der Waals surface area contributed by atoms with Crippen molar-refractivity contribution in [3.05, 3.63) is 10.6 Å². The molecule has 2 aliphatic rings. The first-order valence-electron chi connectivity index (χ1n) is 6.24. The molecule has 0 heterocycles. The molecule has 0 aromatic heterocycles. The molecule has 2 fully saturated rings. The van der Waals surface area contributed by atoms with Crippen molar-refractivity contribution in [3.8, 4) is 0 Å². The summed E-state index contributed by atoms with van der Waals surface area (Å²) in [6, 6.07) is 0. The van der Waals surface area contributed by atoms with E-state index in [0.717, 1.165) is 11.0 Å². The van der Waals surface area contributed by atoms with Crippen molar-refractivity contribution >= 4 is 11.6 Å². The molecule has 0 aromatic carbocycles. The van der Waals surface area contributed by atoms with Crippen LogP contribution in [0.4, 0.5) is 0 Å². The van der Waals surface area contributed by atoms with Gasteiger partial charge in [-0.3, -0.25) is 0 Å². The van der Waals surface area contributed by atoms with Crippen LogP contribution in [0, 0.1) is 16.7 Å². The summed E-state index contributed by atoms with van der Waals surface area (Å²) >= 11 is 6.27. The van der Waals surface area contributed by atoms with Gasteiger partial charge in [0.2, 0.25) is 0 Å². The number of hydrogen-bond donors (Lipinski definition) is 0. The number of fused-ring (bicyclic) bond motifs is 1. The lowest BCUT2D eigenvalue weighted by molar-refractivity contribution is 0.0473. The summed E-state index contributed by atoms with van der Waals surface area (Å²) in [6.07, 6.45) is 6.69. The lowest BCUT2D eigenvalue weighted by atomic mass is 9.57. The van der Waals surface area contributed by atoms with Crippen molar-refractivity contribution in [2.45, 2.75) is 59.8 Å². The first-order chi connectivity index (χ1) is 6.88. The highest BCUT2D eigenvalue weighted by Gasteiger charge is 2.51. The number of hydrogen-bond acceptors (Lipinski definition) is 0. The summed E-state index contributed by atoms with van der Waals surface area (Å²) in [5.41, 5.74) is 2.48. The van der Waals surface area contributed by atoms with Gasteiger partial charge in [-0.15, -0.1) is 0 Å². The van der Waals surface area contributed by atoms with Crippen molar-refractivity contribution in [2.24, 2.45) is 16.7 Å². The van der Waals surface area contributed by atoms with Crippen LogP contribution in [0.15, 0.2) is 10.6 Å². The number of allylic oxidation sites excluding steroid dienone is 2. The van der Waals surface area contributed by atoms with Crippen molar-refractivity contribution in [3.63, 3.8) is 0 Å². The number of rotatable bonds is 0. The third-order valence-corrected chi connectivity index (χ3v) is 5.25. The van der Waals surface area contributed by atoms with Gasteiger partial charge >= 0.3 is 0 Å². The summed E-state index contributed by atoms with van der Waals surface area (Å²) in [5.74, 6) is 0.849. The largest absolute Gasteiger partial charge is 0.0895 e. The average molecular weight is 227 g/mol. The Morgan fingerprint density at radius 1 is 1.27 bits per heavy atom. The highest BCUT2D eigenvalue weighted by Crippen LogP contribution is 2.62. The lowest BCUT2D eigenvalue weighted by Gasteiger charge is -2.48. The molecule has 1 heteroatoms. The molecular weight excluding hydrogens is 204 g/mol. The van der Waals surface area contributed by atoms with Crippen LogP contribution in [-0.4, -0.2) is 0 Å². The molecule has 0 N–H and O–H groups in total. The molecular formula is C14H23Cl. The molecule has 0 aliphatic heterocycles. The zero-order valence-corrected chi connectivity index (χ0v) is 11.2. The Bertz CT molecular complexity index is 296. The number of halogens is 1. The van der Waals surface area contributed by atoms with E-state index in [2.05, 4.69) is 27.7 Å². The van der Waals surface area contributed by atoms with Crippen molar-refractivity contribution in [1.29, 1.82) is 0 Å². The Kier molecular flexibility index (Phi) is 2.70. The molecule has 0 nitrogen and oxygen atoms in total. The fraction of sp³-hybridized carbons (Fsp3) is 0.857. The van der Waals surface area contributed by atoms with Crippen LogP contribution >= 0.6 is 11.6 Å². The van der Waals surface area contributed by atoms with Crippen LogP contribution in [0.2, 0.25) is 0 Å². The quantitative estimate of drug-likeness (QED) is 0.538. The summed E-state index contributed by atoms with van der Waals surface area (Å²) in [5, 5.41) is 1.07. The van der Waals surface area contributed by atoms with E-state index in [1.54, 1.807) is 5.57 Å². The van der Waals surface area contributed by atoms with E-state index in [1.807, 2.05) is 0 Å². The Hall–Kier alpha value is 0.0300. The van der Waals surface area contributed by atoms with Gasteiger partial charge in [0.05, 0.1) is 0 Å². The molecule has 2 aliphatic carbocycles. The van der Waals surface area contributed by atoms with E-state index >= 15 is 0 Å². The maximum absolute atomic E-state index is 6.27. The van der Waals surface area contributed by atoms with E-state index in [1.165, 1.54) is 32.1 Å². The Labute approximate surface area is 99.1 Å². The van der Waals surface area contributed by atoms with Crippen molar-refractivity contribution < 1.29 is 0 Å². The Morgan fingerprint density at radius 3 is 2.53 bits per heavy atom. The van der Waals surface area contributed by atoms with Crippen LogP contribution in [0.5, 0.6) is 0 Å². The zero-order chi connectivity index (χ0) is 11.3. The Balaban J connectivity index is 2.40. The summed E-state index contributed by atoms with van der Waals surface area (Å²) < 4.78 is 0. The fourth-order valence-electron chi connectivity index (χ4n) is 4.33. The molecule has 0 aromatic rings. The standard InChI is InChI=1S/C14H23Cl/c1-10(15)11-6-7-12-13(2,3)8-5-9-14(11,12)4/h12H,5-9H2,1-4H3/t12-,14+/m0/s1. The second-order valence-corrected chi connectivity index (χ2v) is 6.93. The fourth-order valence-corrected chi connectivity index (χ4v) is 4.64. The Morgan fingerprint density at radius 2 is 1.93 bits per heavy atom. The minimum atomic E-state index is 0.410. The second kappa shape index (κ2) is 3.52. The summed E-state index contributed by atoms with van der Waals surface area (Å²) in [6.45, 7) is 9.42. The van der Waals surface area contributed by atoms with Crippen LogP contribution in [-0.2, 0) is 0 Å². The second-order valence-electron chi connectivity index (χ2n) is 6.36. The molecule has 0 bridgehead atoms. The van der Waals surface area contributed by atoms with E-state index in [0.29, 0.717) is 10.8 Å². The molecule has 2 saturated carbocycles.